The number of ether oxygens (including phenoxy) is 1. The summed E-state index contributed by atoms with van der Waals surface area (Å²) in [5, 5.41) is 13.1. The number of hydrogen-bond donors (Lipinski definition) is 2. The van der Waals surface area contributed by atoms with Gasteiger partial charge in [0.25, 0.3) is 0 Å². The van der Waals surface area contributed by atoms with Gasteiger partial charge in [-0.25, -0.2) is 4.79 Å². The number of aryl methyl sites for hydroxylation is 1. The summed E-state index contributed by atoms with van der Waals surface area (Å²) in [6.45, 7) is 0. The molecule has 1 fully saturated rings. The minimum Gasteiger partial charge on any atom is -0.481 e. The van der Waals surface area contributed by atoms with E-state index < -0.39 is 23.8 Å². The highest BCUT2D eigenvalue weighted by Crippen LogP contribution is 2.46. The van der Waals surface area contributed by atoms with Crippen molar-refractivity contribution in [2.45, 2.75) is 38.5 Å². The van der Waals surface area contributed by atoms with Crippen molar-refractivity contribution in [1.82, 2.24) is 0 Å². The van der Waals surface area contributed by atoms with Crippen molar-refractivity contribution in [1.29, 1.82) is 0 Å². The Morgan fingerprint density at radius 3 is 2.41 bits per heavy atom. The number of fused-ring (bicyclic) bond motifs is 3. The van der Waals surface area contributed by atoms with E-state index in [0.29, 0.717) is 10.6 Å². The van der Waals surface area contributed by atoms with Gasteiger partial charge in [0.15, 0.2) is 0 Å². The van der Waals surface area contributed by atoms with Gasteiger partial charge in [0.1, 0.15) is 5.00 Å². The van der Waals surface area contributed by atoms with Crippen molar-refractivity contribution in [3.63, 3.8) is 0 Å². The normalized spacial score (nSPS) is 28.5. The van der Waals surface area contributed by atoms with Crippen LogP contribution >= 0.6 is 11.3 Å². The summed E-state index contributed by atoms with van der Waals surface area (Å²) in [5.74, 6) is -3.13. The van der Waals surface area contributed by atoms with E-state index in [1.54, 1.807) is 0 Å². The number of aliphatic carboxylic acids is 1. The van der Waals surface area contributed by atoms with E-state index >= 15 is 0 Å². The van der Waals surface area contributed by atoms with Gasteiger partial charge in [0, 0.05) is 4.88 Å². The van der Waals surface area contributed by atoms with Gasteiger partial charge in [0.05, 0.1) is 24.5 Å². The molecular weight excluding hydrogens is 366 g/mol. The van der Waals surface area contributed by atoms with E-state index in [9.17, 15) is 19.5 Å². The third-order valence-electron chi connectivity index (χ3n) is 6.13. The molecule has 0 saturated heterocycles. The third kappa shape index (κ3) is 3.08. The minimum absolute atomic E-state index is 0.0627. The number of anilines is 1. The predicted molar refractivity (Wildman–Crippen MR) is 101 cm³/mol. The number of rotatable bonds is 4. The number of carboxylic acids is 1. The van der Waals surface area contributed by atoms with Crippen LogP contribution in [0.2, 0.25) is 0 Å². The Bertz CT molecular complexity index is 827. The van der Waals surface area contributed by atoms with Crippen LogP contribution in [-0.4, -0.2) is 30.1 Å². The van der Waals surface area contributed by atoms with E-state index in [-0.39, 0.29) is 17.7 Å². The van der Waals surface area contributed by atoms with Crippen LogP contribution in [0, 0.1) is 23.7 Å². The molecule has 0 aliphatic heterocycles. The number of hydrogen-bond acceptors (Lipinski definition) is 5. The van der Waals surface area contributed by atoms with Gasteiger partial charge in [-0.1, -0.05) is 12.2 Å². The number of amides is 1. The molecule has 1 aromatic rings. The molecule has 1 amide bonds. The van der Waals surface area contributed by atoms with Crippen LogP contribution in [0.4, 0.5) is 5.00 Å². The van der Waals surface area contributed by atoms with Crippen molar-refractivity contribution in [3.05, 3.63) is 28.2 Å². The fourth-order valence-corrected chi connectivity index (χ4v) is 6.14. The molecule has 1 heterocycles. The molecule has 0 unspecified atom stereocenters. The van der Waals surface area contributed by atoms with Gasteiger partial charge < -0.3 is 15.2 Å². The fraction of sp³-hybridized carbons (Fsp3) is 0.550. The summed E-state index contributed by atoms with van der Waals surface area (Å²) in [7, 11) is 1.34. The van der Waals surface area contributed by atoms with E-state index in [2.05, 4.69) is 5.32 Å². The molecule has 1 aromatic heterocycles. The average molecular weight is 389 g/mol. The maximum Gasteiger partial charge on any atom is 0.341 e. The van der Waals surface area contributed by atoms with Crippen molar-refractivity contribution >= 4 is 34.2 Å². The second kappa shape index (κ2) is 7.11. The maximum absolute atomic E-state index is 13.1. The zero-order chi connectivity index (χ0) is 19.1. The molecule has 4 aliphatic carbocycles. The van der Waals surface area contributed by atoms with Crippen LogP contribution in [0.1, 0.15) is 46.5 Å². The molecule has 4 atom stereocenters. The summed E-state index contributed by atoms with van der Waals surface area (Å²) in [6.07, 6.45) is 9.35. The maximum atomic E-state index is 13.1. The molecule has 4 aliphatic rings. The molecule has 1 saturated carbocycles. The molecular formula is C20H23NO5S. The van der Waals surface area contributed by atoms with Crippen molar-refractivity contribution in [2.24, 2.45) is 23.7 Å². The first-order valence-corrected chi connectivity index (χ1v) is 10.3. The lowest BCUT2D eigenvalue weighted by Crippen LogP contribution is -2.47. The number of allylic oxidation sites excluding steroid dienone is 2. The third-order valence-corrected chi connectivity index (χ3v) is 7.34. The topological polar surface area (TPSA) is 92.7 Å². The summed E-state index contributed by atoms with van der Waals surface area (Å²) in [6, 6.07) is 0. The zero-order valence-corrected chi connectivity index (χ0v) is 16.0. The molecule has 2 N–H and O–H groups in total. The van der Waals surface area contributed by atoms with Crippen LogP contribution in [0.5, 0.6) is 0 Å². The fourth-order valence-electron chi connectivity index (χ4n) is 4.86. The molecule has 0 aromatic carbocycles. The van der Waals surface area contributed by atoms with Crippen molar-refractivity contribution in [3.8, 4) is 0 Å². The SMILES string of the molecule is COC(=O)c1c(NC(=O)[C@@H]2[C@@H](C(=O)O)[C@H]3C=C[C@@H]2CC3)sc2c1CCCC2. The standard InChI is InChI=1S/C20H23NO5S/c1-26-20(25)16-12-4-2-3-5-13(12)27-18(16)21-17(22)14-10-6-8-11(9-7-10)15(14)19(23)24/h6,8,10-11,14-15H,2-5,7,9H2,1H3,(H,21,22)(H,23,24)/t10-,11+,14+,15+/m1/s1. The molecule has 144 valence electrons. The Morgan fingerprint density at radius 2 is 1.78 bits per heavy atom. The number of methoxy groups -OCH3 is 1. The monoisotopic (exact) mass is 389 g/mol. The van der Waals surface area contributed by atoms with Gasteiger partial charge in [-0.3, -0.25) is 9.59 Å². The van der Waals surface area contributed by atoms with Crippen LogP contribution in [0.15, 0.2) is 12.2 Å². The van der Waals surface area contributed by atoms with E-state index in [1.165, 1.54) is 18.4 Å². The quantitative estimate of drug-likeness (QED) is 0.609. The number of carboxylic acid groups (broad SMARTS) is 1. The first kappa shape index (κ1) is 18.2. The zero-order valence-electron chi connectivity index (χ0n) is 15.2. The highest BCUT2D eigenvalue weighted by Gasteiger charge is 2.48. The second-order valence-electron chi connectivity index (χ2n) is 7.58. The average Bonchev–Trinajstić information content (AvgIpc) is 3.05. The minimum atomic E-state index is -0.923. The van der Waals surface area contributed by atoms with Crippen LogP contribution in [0.3, 0.4) is 0 Å². The smallest absolute Gasteiger partial charge is 0.341 e. The molecule has 2 bridgehead atoms. The molecule has 6 nitrogen and oxygen atoms in total. The summed E-state index contributed by atoms with van der Waals surface area (Å²) in [5.41, 5.74) is 1.43. The number of carbonyl (C=O) groups excluding carboxylic acids is 2. The molecule has 0 spiro atoms. The van der Waals surface area contributed by atoms with E-state index in [1.807, 2.05) is 12.2 Å². The lowest BCUT2D eigenvalue weighted by Gasteiger charge is -2.41. The van der Waals surface area contributed by atoms with Gasteiger partial charge >= 0.3 is 11.9 Å². The van der Waals surface area contributed by atoms with Gasteiger partial charge in [0.2, 0.25) is 5.91 Å². The largest absolute Gasteiger partial charge is 0.481 e. The summed E-state index contributed by atoms with van der Waals surface area (Å²) in [4.78, 5) is 38.4. The van der Waals surface area contributed by atoms with Gasteiger partial charge in [-0.15, -0.1) is 11.3 Å². The molecule has 7 heteroatoms. The Hall–Kier alpha value is -2.15. The van der Waals surface area contributed by atoms with E-state index in [0.717, 1.165) is 49.0 Å². The Labute approximate surface area is 161 Å². The lowest BCUT2D eigenvalue weighted by atomic mass is 9.62. The number of thiophene rings is 1. The Balaban J connectivity index is 1.65. The van der Waals surface area contributed by atoms with Gasteiger partial charge in [-0.2, -0.15) is 0 Å². The summed E-state index contributed by atoms with van der Waals surface area (Å²) >= 11 is 1.43. The molecule has 27 heavy (non-hydrogen) atoms. The highest BCUT2D eigenvalue weighted by atomic mass is 32.1. The van der Waals surface area contributed by atoms with Crippen LogP contribution in [0.25, 0.3) is 0 Å². The van der Waals surface area contributed by atoms with Crippen LogP contribution < -0.4 is 5.32 Å². The number of esters is 1. The van der Waals surface area contributed by atoms with Crippen LogP contribution in [-0.2, 0) is 27.2 Å². The molecule has 0 radical (unpaired) electrons. The Kier molecular flexibility index (Phi) is 4.80. The summed E-state index contributed by atoms with van der Waals surface area (Å²) < 4.78 is 4.95. The number of carbonyl (C=O) groups is 3. The van der Waals surface area contributed by atoms with E-state index in [4.69, 9.17) is 4.74 Å². The van der Waals surface area contributed by atoms with Crippen molar-refractivity contribution < 1.29 is 24.2 Å². The lowest BCUT2D eigenvalue weighted by molar-refractivity contribution is -0.151. The van der Waals surface area contributed by atoms with Crippen molar-refractivity contribution in [2.75, 3.05) is 12.4 Å². The Morgan fingerprint density at radius 1 is 1.11 bits per heavy atom. The highest BCUT2D eigenvalue weighted by molar-refractivity contribution is 7.17. The first-order valence-electron chi connectivity index (χ1n) is 9.46. The second-order valence-corrected chi connectivity index (χ2v) is 8.68. The first-order chi connectivity index (χ1) is 13.0. The van der Waals surface area contributed by atoms with Gasteiger partial charge in [-0.05, 0) is 55.9 Å². The number of nitrogens with one attached hydrogen (secondary N) is 1. The molecule has 5 rings (SSSR count). The predicted octanol–water partition coefficient (Wildman–Crippen LogP) is 3.27.